The van der Waals surface area contributed by atoms with Crippen LogP contribution in [0.3, 0.4) is 0 Å². The summed E-state index contributed by atoms with van der Waals surface area (Å²) >= 11 is 0. The standard InChI is InChI=1S/C14H21N3O2S/c18-20(19,13-7-2-1-3-8-13)15-17-12-6-9-14(17)16-10-4-5-11-16/h1-3,7-8,14-15H,4-6,9-12H2. The fourth-order valence-corrected chi connectivity index (χ4v) is 4.22. The summed E-state index contributed by atoms with van der Waals surface area (Å²) in [6, 6.07) is 8.57. The highest BCUT2D eigenvalue weighted by atomic mass is 32.2. The van der Waals surface area contributed by atoms with Crippen LogP contribution in [-0.4, -0.2) is 44.1 Å². The molecule has 1 unspecified atom stereocenters. The highest BCUT2D eigenvalue weighted by Crippen LogP contribution is 2.23. The van der Waals surface area contributed by atoms with E-state index in [0.29, 0.717) is 4.90 Å². The predicted octanol–water partition coefficient (Wildman–Crippen LogP) is 1.40. The zero-order valence-corrected chi connectivity index (χ0v) is 12.3. The topological polar surface area (TPSA) is 52.7 Å². The number of nitrogens with one attached hydrogen (secondary N) is 1. The summed E-state index contributed by atoms with van der Waals surface area (Å²) in [5.74, 6) is 0. The van der Waals surface area contributed by atoms with Gasteiger partial charge in [0, 0.05) is 6.54 Å². The molecule has 0 spiro atoms. The second-order valence-corrected chi connectivity index (χ2v) is 7.13. The van der Waals surface area contributed by atoms with Gasteiger partial charge in [-0.15, -0.1) is 4.83 Å². The maximum Gasteiger partial charge on any atom is 0.253 e. The van der Waals surface area contributed by atoms with Gasteiger partial charge in [0.1, 0.15) is 0 Å². The molecule has 3 rings (SSSR count). The molecule has 0 aromatic heterocycles. The van der Waals surface area contributed by atoms with E-state index >= 15 is 0 Å². The third-order valence-corrected chi connectivity index (χ3v) is 5.44. The molecule has 1 N–H and O–H groups in total. The summed E-state index contributed by atoms with van der Waals surface area (Å²) < 4.78 is 24.8. The van der Waals surface area contributed by atoms with Gasteiger partial charge in [-0.2, -0.15) is 0 Å². The lowest BCUT2D eigenvalue weighted by Gasteiger charge is -2.31. The normalized spacial score (nSPS) is 25.3. The maximum atomic E-state index is 12.4. The van der Waals surface area contributed by atoms with Gasteiger partial charge in [0.15, 0.2) is 0 Å². The maximum absolute atomic E-state index is 12.4. The first-order chi connectivity index (χ1) is 9.67. The first kappa shape index (κ1) is 14.0. The van der Waals surface area contributed by atoms with Crippen molar-refractivity contribution in [1.29, 1.82) is 0 Å². The Morgan fingerprint density at radius 2 is 1.70 bits per heavy atom. The number of nitrogens with zero attached hydrogens (tertiary/aromatic N) is 2. The van der Waals surface area contributed by atoms with Crippen molar-refractivity contribution < 1.29 is 8.42 Å². The molecule has 6 heteroatoms. The van der Waals surface area contributed by atoms with Gasteiger partial charge in [0.2, 0.25) is 0 Å². The first-order valence-corrected chi connectivity index (χ1v) is 8.73. The fourth-order valence-electron chi connectivity index (χ4n) is 3.08. The molecule has 0 radical (unpaired) electrons. The molecule has 0 bridgehead atoms. The van der Waals surface area contributed by atoms with Crippen molar-refractivity contribution in [1.82, 2.24) is 14.7 Å². The molecule has 20 heavy (non-hydrogen) atoms. The summed E-state index contributed by atoms with van der Waals surface area (Å²) in [4.78, 5) is 5.48. The second kappa shape index (κ2) is 5.81. The summed E-state index contributed by atoms with van der Waals surface area (Å²) in [6.45, 7) is 2.94. The molecule has 0 saturated carbocycles. The summed E-state index contributed by atoms with van der Waals surface area (Å²) in [6.07, 6.45) is 4.73. The fraction of sp³-hybridized carbons (Fsp3) is 0.571. The van der Waals surface area contributed by atoms with Crippen molar-refractivity contribution in [2.45, 2.75) is 36.7 Å². The predicted molar refractivity (Wildman–Crippen MR) is 77.3 cm³/mol. The second-order valence-electron chi connectivity index (χ2n) is 5.47. The molecule has 0 aliphatic carbocycles. The van der Waals surface area contributed by atoms with Crippen LogP contribution in [0.4, 0.5) is 0 Å². The number of hydrogen-bond donors (Lipinski definition) is 1. The van der Waals surface area contributed by atoms with E-state index in [-0.39, 0.29) is 6.17 Å². The van der Waals surface area contributed by atoms with Crippen LogP contribution < -0.4 is 4.83 Å². The molecule has 110 valence electrons. The van der Waals surface area contributed by atoms with E-state index in [0.717, 1.165) is 32.5 Å². The highest BCUT2D eigenvalue weighted by Gasteiger charge is 2.33. The largest absolute Gasteiger partial charge is 0.287 e. The summed E-state index contributed by atoms with van der Waals surface area (Å²) in [5, 5.41) is 1.90. The van der Waals surface area contributed by atoms with Gasteiger partial charge in [0.05, 0.1) is 11.1 Å². The zero-order chi connectivity index (χ0) is 14.0. The molecule has 2 saturated heterocycles. The number of benzene rings is 1. The molecular weight excluding hydrogens is 274 g/mol. The number of sulfonamides is 1. The van der Waals surface area contributed by atoms with Crippen molar-refractivity contribution in [2.75, 3.05) is 19.6 Å². The third kappa shape index (κ3) is 2.88. The SMILES string of the molecule is O=S(=O)(NN1CCCC1N1CCCC1)c1ccccc1. The van der Waals surface area contributed by atoms with E-state index in [1.165, 1.54) is 12.8 Å². The van der Waals surface area contributed by atoms with E-state index in [1.807, 2.05) is 11.1 Å². The minimum Gasteiger partial charge on any atom is -0.287 e. The van der Waals surface area contributed by atoms with Crippen LogP contribution in [0.15, 0.2) is 35.2 Å². The van der Waals surface area contributed by atoms with E-state index in [9.17, 15) is 8.42 Å². The molecule has 2 aliphatic heterocycles. The van der Waals surface area contributed by atoms with E-state index in [1.54, 1.807) is 24.3 Å². The Morgan fingerprint density at radius 3 is 2.40 bits per heavy atom. The van der Waals surface area contributed by atoms with Crippen molar-refractivity contribution >= 4 is 10.0 Å². The lowest BCUT2D eigenvalue weighted by molar-refractivity contribution is 0.0786. The van der Waals surface area contributed by atoms with Gasteiger partial charge < -0.3 is 0 Å². The van der Waals surface area contributed by atoms with Gasteiger partial charge in [-0.25, -0.2) is 13.4 Å². The lowest BCUT2D eigenvalue weighted by atomic mass is 10.3. The van der Waals surface area contributed by atoms with E-state index in [2.05, 4.69) is 9.73 Å². The van der Waals surface area contributed by atoms with Crippen molar-refractivity contribution in [3.05, 3.63) is 30.3 Å². The van der Waals surface area contributed by atoms with Crippen LogP contribution in [0.5, 0.6) is 0 Å². The average molecular weight is 295 g/mol. The molecule has 2 heterocycles. The van der Waals surface area contributed by atoms with Crippen molar-refractivity contribution in [2.24, 2.45) is 0 Å². The Hall–Kier alpha value is -0.950. The van der Waals surface area contributed by atoms with Crippen LogP contribution in [0.1, 0.15) is 25.7 Å². The highest BCUT2D eigenvalue weighted by molar-refractivity contribution is 7.89. The summed E-state index contributed by atoms with van der Waals surface area (Å²) in [7, 11) is -3.46. The van der Waals surface area contributed by atoms with Crippen LogP contribution in [0.2, 0.25) is 0 Å². The number of hydrazine groups is 1. The van der Waals surface area contributed by atoms with Crippen LogP contribution in [-0.2, 0) is 10.0 Å². The smallest absolute Gasteiger partial charge is 0.253 e. The molecule has 2 aliphatic rings. The van der Waals surface area contributed by atoms with Crippen molar-refractivity contribution in [3.8, 4) is 0 Å². The number of hydrogen-bond acceptors (Lipinski definition) is 4. The molecule has 0 amide bonds. The Balaban J connectivity index is 1.73. The van der Waals surface area contributed by atoms with Gasteiger partial charge in [-0.1, -0.05) is 18.2 Å². The van der Waals surface area contributed by atoms with Gasteiger partial charge in [0.25, 0.3) is 10.0 Å². The monoisotopic (exact) mass is 295 g/mol. The molecule has 1 atom stereocenters. The quantitative estimate of drug-likeness (QED) is 0.912. The molecule has 2 fully saturated rings. The average Bonchev–Trinajstić information content (AvgIpc) is 3.10. The lowest BCUT2D eigenvalue weighted by Crippen LogP contribution is -2.51. The Morgan fingerprint density at radius 1 is 1.00 bits per heavy atom. The van der Waals surface area contributed by atoms with Crippen LogP contribution in [0.25, 0.3) is 0 Å². The Bertz CT molecular complexity index is 541. The van der Waals surface area contributed by atoms with Crippen molar-refractivity contribution in [3.63, 3.8) is 0 Å². The van der Waals surface area contributed by atoms with Gasteiger partial charge in [-0.05, 0) is 50.9 Å². The molecule has 1 aromatic rings. The zero-order valence-electron chi connectivity index (χ0n) is 11.5. The summed E-state index contributed by atoms with van der Waals surface area (Å²) in [5.41, 5.74) is 0. The number of rotatable bonds is 4. The van der Waals surface area contributed by atoms with Gasteiger partial charge in [-0.3, -0.25) is 4.90 Å². The van der Waals surface area contributed by atoms with E-state index < -0.39 is 10.0 Å². The number of likely N-dealkylation sites (tertiary alicyclic amines) is 1. The molecule has 5 nitrogen and oxygen atoms in total. The van der Waals surface area contributed by atoms with E-state index in [4.69, 9.17) is 0 Å². The minimum atomic E-state index is -3.46. The third-order valence-electron chi connectivity index (χ3n) is 4.07. The first-order valence-electron chi connectivity index (χ1n) is 7.25. The Kier molecular flexibility index (Phi) is 4.07. The molecule has 1 aromatic carbocycles. The molecular formula is C14H21N3O2S. The van der Waals surface area contributed by atoms with Gasteiger partial charge >= 0.3 is 0 Å². The Labute approximate surface area is 120 Å². The van der Waals surface area contributed by atoms with Crippen LogP contribution in [0, 0.1) is 0 Å². The minimum absolute atomic E-state index is 0.219. The van der Waals surface area contributed by atoms with Crippen LogP contribution >= 0.6 is 0 Å².